The number of ether oxygens (including phenoxy) is 2. The number of carbonyl (C=O) groups excluding carboxylic acids is 1. The van der Waals surface area contributed by atoms with Gasteiger partial charge in [-0.3, -0.25) is 4.79 Å². The van der Waals surface area contributed by atoms with Gasteiger partial charge in [0.15, 0.2) is 17.1 Å². The summed E-state index contributed by atoms with van der Waals surface area (Å²) in [6.07, 6.45) is -0.399. The fraction of sp³-hybridized carbons (Fsp3) is 0.286. The van der Waals surface area contributed by atoms with Crippen LogP contribution < -0.4 is 14.8 Å². The maximum absolute atomic E-state index is 13.7. The predicted molar refractivity (Wildman–Crippen MR) is 113 cm³/mol. The molecule has 3 rings (SSSR count). The van der Waals surface area contributed by atoms with Crippen molar-refractivity contribution in [3.05, 3.63) is 59.9 Å². The van der Waals surface area contributed by atoms with Crippen molar-refractivity contribution < 1.29 is 23.0 Å². The van der Waals surface area contributed by atoms with Gasteiger partial charge in [-0.25, -0.2) is 8.78 Å². The number of thioether (sulfide) groups is 1. The number of methoxy groups -OCH3 is 1. The molecule has 0 radical (unpaired) electrons. The molecule has 0 bridgehead atoms. The van der Waals surface area contributed by atoms with Gasteiger partial charge in [0.25, 0.3) is 0 Å². The molecule has 1 aromatic heterocycles. The number of amides is 1. The van der Waals surface area contributed by atoms with E-state index in [0.29, 0.717) is 29.0 Å². The lowest BCUT2D eigenvalue weighted by Crippen LogP contribution is -2.16. The van der Waals surface area contributed by atoms with Crippen LogP contribution in [0.25, 0.3) is 0 Å². The largest absolute Gasteiger partial charge is 0.497 e. The fourth-order valence-corrected chi connectivity index (χ4v) is 3.66. The molecular formula is C21H22F2N4O3S. The number of aromatic nitrogens is 3. The molecule has 0 aliphatic carbocycles. The van der Waals surface area contributed by atoms with Gasteiger partial charge in [0.05, 0.1) is 18.6 Å². The number of nitrogens with zero attached hydrogens (tertiary/aromatic N) is 3. The number of benzene rings is 2. The molecule has 1 N–H and O–H groups in total. The first-order valence-corrected chi connectivity index (χ1v) is 10.5. The smallest absolute Gasteiger partial charge is 0.234 e. The second kappa shape index (κ2) is 10.3. The van der Waals surface area contributed by atoms with Gasteiger partial charge in [0, 0.05) is 18.7 Å². The van der Waals surface area contributed by atoms with Gasteiger partial charge in [-0.05, 0) is 38.1 Å². The molecule has 2 aromatic carbocycles. The Morgan fingerprint density at radius 3 is 2.71 bits per heavy atom. The van der Waals surface area contributed by atoms with Crippen LogP contribution in [0.4, 0.5) is 14.5 Å². The number of carbonyl (C=O) groups is 1. The van der Waals surface area contributed by atoms with E-state index in [4.69, 9.17) is 9.47 Å². The van der Waals surface area contributed by atoms with Crippen LogP contribution in [-0.2, 0) is 11.3 Å². The van der Waals surface area contributed by atoms with Crippen LogP contribution in [0.3, 0.4) is 0 Å². The van der Waals surface area contributed by atoms with E-state index in [0.717, 1.165) is 30.0 Å². The van der Waals surface area contributed by atoms with Crippen molar-refractivity contribution in [1.82, 2.24) is 14.8 Å². The van der Waals surface area contributed by atoms with E-state index in [1.54, 1.807) is 13.2 Å². The molecule has 1 unspecified atom stereocenters. The molecule has 31 heavy (non-hydrogen) atoms. The fourth-order valence-electron chi connectivity index (χ4n) is 2.85. The number of hydrogen-bond acceptors (Lipinski definition) is 6. The first-order chi connectivity index (χ1) is 14.9. The topological polar surface area (TPSA) is 78.3 Å². The van der Waals surface area contributed by atoms with Gasteiger partial charge in [-0.1, -0.05) is 17.8 Å². The third-order valence-corrected chi connectivity index (χ3v) is 5.28. The highest BCUT2D eigenvalue weighted by atomic mass is 32.2. The van der Waals surface area contributed by atoms with Crippen molar-refractivity contribution in [2.45, 2.75) is 31.7 Å². The van der Waals surface area contributed by atoms with E-state index in [1.807, 2.05) is 36.6 Å². The quantitative estimate of drug-likeness (QED) is 0.487. The van der Waals surface area contributed by atoms with Crippen LogP contribution in [0.1, 0.15) is 25.8 Å². The summed E-state index contributed by atoms with van der Waals surface area (Å²) in [5, 5.41) is 11.2. The Morgan fingerprint density at radius 1 is 1.19 bits per heavy atom. The minimum Gasteiger partial charge on any atom is -0.497 e. The Balaban J connectivity index is 1.65. The van der Waals surface area contributed by atoms with Crippen molar-refractivity contribution >= 4 is 23.4 Å². The minimum atomic E-state index is -0.706. The number of rotatable bonds is 9. The van der Waals surface area contributed by atoms with Gasteiger partial charge in [-0.15, -0.1) is 10.2 Å². The lowest BCUT2D eigenvalue weighted by molar-refractivity contribution is -0.113. The molecule has 0 aliphatic rings. The zero-order chi connectivity index (χ0) is 22.4. The molecule has 1 heterocycles. The number of nitrogens with one attached hydrogen (secondary N) is 1. The number of hydrogen-bond donors (Lipinski definition) is 1. The van der Waals surface area contributed by atoms with Crippen LogP contribution in [-0.4, -0.2) is 33.5 Å². The molecular weight excluding hydrogens is 426 g/mol. The highest BCUT2D eigenvalue weighted by Gasteiger charge is 2.20. The van der Waals surface area contributed by atoms with Gasteiger partial charge in [0.2, 0.25) is 5.91 Å². The minimum absolute atomic E-state index is 0.0425. The second-order valence-corrected chi connectivity index (χ2v) is 7.43. The van der Waals surface area contributed by atoms with E-state index in [2.05, 4.69) is 15.5 Å². The van der Waals surface area contributed by atoms with Gasteiger partial charge in [-0.2, -0.15) is 0 Å². The van der Waals surface area contributed by atoms with E-state index < -0.39 is 23.6 Å². The van der Waals surface area contributed by atoms with Gasteiger partial charge < -0.3 is 19.4 Å². The molecule has 1 atom stereocenters. The molecule has 3 aromatic rings. The third kappa shape index (κ3) is 5.72. The maximum atomic E-state index is 13.7. The van der Waals surface area contributed by atoms with Crippen LogP contribution in [0.15, 0.2) is 47.6 Å². The molecule has 0 aliphatic heterocycles. The van der Waals surface area contributed by atoms with Crippen molar-refractivity contribution in [3.8, 4) is 11.5 Å². The Kier molecular flexibility index (Phi) is 7.45. The average Bonchev–Trinajstić information content (AvgIpc) is 3.18. The Hall–Kier alpha value is -3.14. The predicted octanol–water partition coefficient (Wildman–Crippen LogP) is 4.46. The van der Waals surface area contributed by atoms with Crippen LogP contribution in [0.2, 0.25) is 0 Å². The molecule has 0 saturated carbocycles. The first kappa shape index (κ1) is 22.5. The van der Waals surface area contributed by atoms with Crippen molar-refractivity contribution in [1.29, 1.82) is 0 Å². The summed E-state index contributed by atoms with van der Waals surface area (Å²) in [6.45, 7) is 4.34. The highest BCUT2D eigenvalue weighted by molar-refractivity contribution is 7.99. The molecule has 1 amide bonds. The molecule has 0 fully saturated rings. The van der Waals surface area contributed by atoms with Crippen LogP contribution in [0, 0.1) is 11.6 Å². The SMILES string of the molecule is CCn1c(SCC(=O)Nc2cc(F)ccc2F)nnc1C(C)Oc1cccc(OC)c1. The lowest BCUT2D eigenvalue weighted by Gasteiger charge is -2.16. The summed E-state index contributed by atoms with van der Waals surface area (Å²) in [4.78, 5) is 12.2. The molecule has 10 heteroatoms. The van der Waals surface area contributed by atoms with Gasteiger partial charge >= 0.3 is 0 Å². The van der Waals surface area contributed by atoms with Crippen LogP contribution >= 0.6 is 11.8 Å². The van der Waals surface area contributed by atoms with Crippen molar-refractivity contribution in [2.75, 3.05) is 18.2 Å². The second-order valence-electron chi connectivity index (χ2n) is 6.49. The molecule has 0 spiro atoms. The zero-order valence-electron chi connectivity index (χ0n) is 17.3. The molecule has 7 nitrogen and oxygen atoms in total. The number of halogens is 2. The summed E-state index contributed by atoms with van der Waals surface area (Å²) in [5.41, 5.74) is -0.205. The summed E-state index contributed by atoms with van der Waals surface area (Å²) >= 11 is 1.15. The normalized spacial score (nSPS) is 11.8. The van der Waals surface area contributed by atoms with Crippen molar-refractivity contribution in [3.63, 3.8) is 0 Å². The maximum Gasteiger partial charge on any atom is 0.234 e. The summed E-state index contributed by atoms with van der Waals surface area (Å²) in [7, 11) is 1.58. The molecule has 164 valence electrons. The van der Waals surface area contributed by atoms with Gasteiger partial charge in [0.1, 0.15) is 23.1 Å². The van der Waals surface area contributed by atoms with E-state index in [-0.39, 0.29) is 11.4 Å². The van der Waals surface area contributed by atoms with E-state index in [9.17, 15) is 13.6 Å². The standard InChI is InChI=1S/C21H22F2N4O3S/c1-4-27-20(13(2)30-16-7-5-6-15(11-16)29-3)25-26-21(27)31-12-19(28)24-18-10-14(22)8-9-17(18)23/h5-11,13H,4,12H2,1-3H3,(H,24,28). The highest BCUT2D eigenvalue weighted by Crippen LogP contribution is 2.27. The summed E-state index contributed by atoms with van der Waals surface area (Å²) in [5.74, 6) is 0.0415. The Labute approximate surface area is 182 Å². The third-order valence-electron chi connectivity index (χ3n) is 4.31. The van der Waals surface area contributed by atoms with E-state index in [1.165, 1.54) is 0 Å². The molecule has 0 saturated heterocycles. The van der Waals surface area contributed by atoms with E-state index >= 15 is 0 Å². The lowest BCUT2D eigenvalue weighted by atomic mass is 10.3. The average molecular weight is 448 g/mol. The summed E-state index contributed by atoms with van der Waals surface area (Å²) in [6, 6.07) is 10.1. The Morgan fingerprint density at radius 2 is 1.97 bits per heavy atom. The van der Waals surface area contributed by atoms with Crippen LogP contribution in [0.5, 0.6) is 11.5 Å². The zero-order valence-corrected chi connectivity index (χ0v) is 18.1. The summed E-state index contributed by atoms with van der Waals surface area (Å²) < 4.78 is 40.0. The first-order valence-electron chi connectivity index (χ1n) is 9.52. The Bertz CT molecular complexity index is 1060. The monoisotopic (exact) mass is 448 g/mol. The van der Waals surface area contributed by atoms with Crippen molar-refractivity contribution in [2.24, 2.45) is 0 Å². The number of anilines is 1.